The van der Waals surface area contributed by atoms with Crippen LogP contribution in [0.4, 0.5) is 4.39 Å². The summed E-state index contributed by atoms with van der Waals surface area (Å²) in [4.78, 5) is 13.9. The zero-order valence-corrected chi connectivity index (χ0v) is 10.8. The quantitative estimate of drug-likeness (QED) is 0.838. The average molecular weight is 261 g/mol. The van der Waals surface area contributed by atoms with Crippen molar-refractivity contribution in [2.75, 3.05) is 6.61 Å². The number of hydrogen-bond acceptors (Lipinski definition) is 2. The summed E-state index contributed by atoms with van der Waals surface area (Å²) in [5.74, 6) is 0.222. The smallest absolute Gasteiger partial charge is 0.248 e. The van der Waals surface area contributed by atoms with E-state index in [-0.39, 0.29) is 11.4 Å². The number of halogens is 1. The highest BCUT2D eigenvalue weighted by Gasteiger charge is 2.07. The summed E-state index contributed by atoms with van der Waals surface area (Å²) in [6.45, 7) is 2.68. The zero-order valence-electron chi connectivity index (χ0n) is 10.8. The van der Waals surface area contributed by atoms with Crippen molar-refractivity contribution in [2.24, 2.45) is 0 Å². The van der Waals surface area contributed by atoms with Crippen LogP contribution in [0.5, 0.6) is 5.75 Å². The number of H-pyrrole nitrogens is 1. The third-order valence-corrected chi connectivity index (χ3v) is 2.76. The predicted octanol–water partition coefficient (Wildman–Crippen LogP) is 3.36. The van der Waals surface area contributed by atoms with Gasteiger partial charge in [-0.15, -0.1) is 0 Å². The van der Waals surface area contributed by atoms with Gasteiger partial charge in [-0.25, -0.2) is 4.39 Å². The van der Waals surface area contributed by atoms with Crippen LogP contribution in [0.3, 0.4) is 0 Å². The molecule has 0 atom stereocenters. The normalized spacial score (nSPS) is 10.4. The lowest BCUT2D eigenvalue weighted by Gasteiger charge is -2.08. The molecule has 0 aliphatic heterocycles. The molecular formula is C15H16FNO2. The van der Waals surface area contributed by atoms with Crippen LogP contribution in [0.25, 0.3) is 11.3 Å². The van der Waals surface area contributed by atoms with Crippen molar-refractivity contribution in [3.05, 3.63) is 52.6 Å². The number of aromatic amines is 1. The fourth-order valence-corrected chi connectivity index (χ4v) is 1.74. The lowest BCUT2D eigenvalue weighted by atomic mass is 10.1. The first-order chi connectivity index (χ1) is 9.20. The van der Waals surface area contributed by atoms with Crippen LogP contribution in [0, 0.1) is 5.82 Å². The van der Waals surface area contributed by atoms with Crippen LogP contribution in [-0.4, -0.2) is 11.6 Å². The highest BCUT2D eigenvalue weighted by molar-refractivity contribution is 5.61. The Kier molecular flexibility index (Phi) is 4.34. The van der Waals surface area contributed by atoms with Crippen LogP contribution >= 0.6 is 0 Å². The largest absolute Gasteiger partial charge is 0.494 e. The van der Waals surface area contributed by atoms with Crippen molar-refractivity contribution in [1.29, 1.82) is 0 Å². The Morgan fingerprint density at radius 3 is 2.84 bits per heavy atom. The van der Waals surface area contributed by atoms with Gasteiger partial charge in [0.1, 0.15) is 11.6 Å². The molecule has 0 bridgehead atoms. The Hall–Kier alpha value is -2.10. The van der Waals surface area contributed by atoms with Crippen LogP contribution in [-0.2, 0) is 0 Å². The molecule has 0 saturated carbocycles. The van der Waals surface area contributed by atoms with Crippen molar-refractivity contribution in [1.82, 2.24) is 4.98 Å². The molecule has 3 nitrogen and oxygen atoms in total. The van der Waals surface area contributed by atoms with Crippen molar-refractivity contribution in [3.8, 4) is 17.0 Å². The van der Waals surface area contributed by atoms with Gasteiger partial charge in [-0.05, 0) is 30.7 Å². The molecule has 2 aromatic rings. The number of nitrogens with one attached hydrogen (secondary N) is 1. The van der Waals surface area contributed by atoms with Gasteiger partial charge < -0.3 is 9.72 Å². The summed E-state index contributed by atoms with van der Waals surface area (Å²) in [5.41, 5.74) is 0.534. The Morgan fingerprint density at radius 2 is 2.11 bits per heavy atom. The van der Waals surface area contributed by atoms with E-state index in [9.17, 15) is 9.18 Å². The first-order valence-corrected chi connectivity index (χ1v) is 6.33. The van der Waals surface area contributed by atoms with Crippen LogP contribution in [0.15, 0.2) is 41.2 Å². The van der Waals surface area contributed by atoms with Crippen molar-refractivity contribution < 1.29 is 9.13 Å². The van der Waals surface area contributed by atoms with E-state index in [0.29, 0.717) is 23.6 Å². The van der Waals surface area contributed by atoms with E-state index in [1.165, 1.54) is 12.1 Å². The van der Waals surface area contributed by atoms with Crippen molar-refractivity contribution >= 4 is 0 Å². The van der Waals surface area contributed by atoms with Crippen LogP contribution in [0.1, 0.15) is 19.8 Å². The molecule has 4 heteroatoms. The molecule has 0 unspecified atom stereocenters. The molecule has 1 aromatic carbocycles. The monoisotopic (exact) mass is 261 g/mol. The Bertz CT molecular complexity index is 607. The van der Waals surface area contributed by atoms with Gasteiger partial charge in [0, 0.05) is 11.6 Å². The Labute approximate surface area is 111 Å². The van der Waals surface area contributed by atoms with E-state index in [2.05, 4.69) is 11.9 Å². The number of rotatable bonds is 5. The van der Waals surface area contributed by atoms with Gasteiger partial charge in [-0.1, -0.05) is 19.4 Å². The van der Waals surface area contributed by atoms with E-state index in [1.54, 1.807) is 24.3 Å². The van der Waals surface area contributed by atoms with Gasteiger partial charge in [0.25, 0.3) is 0 Å². The van der Waals surface area contributed by atoms with E-state index in [1.807, 2.05) is 0 Å². The summed E-state index contributed by atoms with van der Waals surface area (Å²) >= 11 is 0. The number of ether oxygens (including phenoxy) is 1. The van der Waals surface area contributed by atoms with E-state index in [0.717, 1.165) is 12.8 Å². The molecule has 0 radical (unpaired) electrons. The number of benzene rings is 1. The Balaban J connectivity index is 2.29. The van der Waals surface area contributed by atoms with Gasteiger partial charge >= 0.3 is 0 Å². The van der Waals surface area contributed by atoms with Gasteiger partial charge in [0.05, 0.1) is 12.3 Å². The number of hydrogen-bond donors (Lipinski definition) is 1. The maximum absolute atomic E-state index is 13.8. The second kappa shape index (κ2) is 6.18. The maximum Gasteiger partial charge on any atom is 0.248 e. The topological polar surface area (TPSA) is 42.1 Å². The Morgan fingerprint density at radius 1 is 1.26 bits per heavy atom. The highest BCUT2D eigenvalue weighted by Crippen LogP contribution is 2.25. The third kappa shape index (κ3) is 3.44. The van der Waals surface area contributed by atoms with Gasteiger partial charge in [0.15, 0.2) is 0 Å². The first-order valence-electron chi connectivity index (χ1n) is 6.33. The molecule has 19 heavy (non-hydrogen) atoms. The molecule has 0 spiro atoms. The van der Waals surface area contributed by atoms with Gasteiger partial charge in [-0.3, -0.25) is 4.79 Å². The summed E-state index contributed by atoms with van der Waals surface area (Å²) in [7, 11) is 0. The predicted molar refractivity (Wildman–Crippen MR) is 72.9 cm³/mol. The summed E-state index contributed by atoms with van der Waals surface area (Å²) < 4.78 is 19.3. The first kappa shape index (κ1) is 13.3. The van der Waals surface area contributed by atoms with Crippen molar-refractivity contribution in [2.45, 2.75) is 19.8 Å². The molecule has 1 heterocycles. The zero-order chi connectivity index (χ0) is 13.7. The van der Waals surface area contributed by atoms with E-state index < -0.39 is 0 Å². The van der Waals surface area contributed by atoms with E-state index in [4.69, 9.17) is 4.74 Å². The molecular weight excluding hydrogens is 245 g/mol. The summed E-state index contributed by atoms with van der Waals surface area (Å²) in [5, 5.41) is 0. The minimum Gasteiger partial charge on any atom is -0.494 e. The summed E-state index contributed by atoms with van der Waals surface area (Å²) in [6.07, 6.45) is 1.99. The third-order valence-electron chi connectivity index (χ3n) is 2.76. The molecule has 2 rings (SSSR count). The summed E-state index contributed by atoms with van der Waals surface area (Å²) in [6, 6.07) is 9.20. The minimum absolute atomic E-state index is 0.255. The molecule has 0 saturated heterocycles. The van der Waals surface area contributed by atoms with Gasteiger partial charge in [0.2, 0.25) is 5.56 Å². The molecule has 0 aliphatic rings. The molecule has 100 valence electrons. The number of unbranched alkanes of at least 4 members (excludes halogenated alkanes) is 1. The standard InChI is InChI=1S/C15H16FNO2/c1-2-3-9-19-11-7-8-13(16)12(10-11)14-5-4-6-15(18)17-14/h4-8,10H,2-3,9H2,1H3,(H,17,18). The van der Waals surface area contributed by atoms with Gasteiger partial charge in [-0.2, -0.15) is 0 Å². The fraction of sp³-hybridized carbons (Fsp3) is 0.267. The lowest BCUT2D eigenvalue weighted by molar-refractivity contribution is 0.309. The minimum atomic E-state index is -0.385. The fourth-order valence-electron chi connectivity index (χ4n) is 1.74. The number of aromatic nitrogens is 1. The SMILES string of the molecule is CCCCOc1ccc(F)c(-c2cccc(=O)[nH]2)c1. The van der Waals surface area contributed by atoms with E-state index >= 15 is 0 Å². The molecule has 1 aromatic heterocycles. The number of pyridine rings is 1. The maximum atomic E-state index is 13.8. The lowest BCUT2D eigenvalue weighted by Crippen LogP contribution is -2.04. The second-order valence-corrected chi connectivity index (χ2v) is 4.27. The molecule has 0 fully saturated rings. The highest BCUT2D eigenvalue weighted by atomic mass is 19.1. The van der Waals surface area contributed by atoms with Crippen LogP contribution in [0.2, 0.25) is 0 Å². The second-order valence-electron chi connectivity index (χ2n) is 4.27. The van der Waals surface area contributed by atoms with Crippen molar-refractivity contribution in [3.63, 3.8) is 0 Å². The van der Waals surface area contributed by atoms with Crippen LogP contribution < -0.4 is 10.3 Å². The molecule has 0 amide bonds. The molecule has 1 N–H and O–H groups in total. The average Bonchev–Trinajstić information content (AvgIpc) is 2.41. The molecule has 0 aliphatic carbocycles.